The van der Waals surface area contributed by atoms with Gasteiger partial charge in [0, 0.05) is 0 Å². The Morgan fingerprint density at radius 3 is 2.29 bits per heavy atom. The zero-order valence-electron chi connectivity index (χ0n) is 13.9. The standard InChI is InChI=1S/C18H28O3/c1-6-8-9-16(17(19)20-5)21-15-12-10-14(11-13-15)18(3,4)7-2/h10-13,16H,6-9H2,1-5H3. The van der Waals surface area contributed by atoms with E-state index in [1.165, 1.54) is 12.7 Å². The molecule has 1 unspecified atom stereocenters. The summed E-state index contributed by atoms with van der Waals surface area (Å²) in [7, 11) is 1.40. The highest BCUT2D eigenvalue weighted by atomic mass is 16.6. The minimum Gasteiger partial charge on any atom is -0.479 e. The topological polar surface area (TPSA) is 35.5 Å². The van der Waals surface area contributed by atoms with E-state index in [2.05, 4.69) is 39.8 Å². The lowest BCUT2D eigenvalue weighted by atomic mass is 9.82. The third-order valence-corrected chi connectivity index (χ3v) is 4.08. The van der Waals surface area contributed by atoms with E-state index < -0.39 is 6.10 Å². The van der Waals surface area contributed by atoms with E-state index in [0.717, 1.165) is 25.0 Å². The first-order valence-corrected chi connectivity index (χ1v) is 7.79. The van der Waals surface area contributed by atoms with E-state index in [1.807, 2.05) is 12.1 Å². The number of ether oxygens (including phenoxy) is 2. The fourth-order valence-corrected chi connectivity index (χ4v) is 2.10. The van der Waals surface area contributed by atoms with Crippen molar-refractivity contribution in [1.82, 2.24) is 0 Å². The fourth-order valence-electron chi connectivity index (χ4n) is 2.10. The van der Waals surface area contributed by atoms with Gasteiger partial charge in [0.05, 0.1) is 7.11 Å². The van der Waals surface area contributed by atoms with Crippen molar-refractivity contribution in [2.75, 3.05) is 7.11 Å². The summed E-state index contributed by atoms with van der Waals surface area (Å²) in [6, 6.07) is 8.03. The Morgan fingerprint density at radius 1 is 1.19 bits per heavy atom. The molecule has 21 heavy (non-hydrogen) atoms. The summed E-state index contributed by atoms with van der Waals surface area (Å²) in [4.78, 5) is 11.7. The van der Waals surface area contributed by atoms with Gasteiger partial charge in [-0.3, -0.25) is 0 Å². The highest BCUT2D eigenvalue weighted by Crippen LogP contribution is 2.28. The van der Waals surface area contributed by atoms with Gasteiger partial charge < -0.3 is 9.47 Å². The van der Waals surface area contributed by atoms with Crippen LogP contribution in [0.5, 0.6) is 5.75 Å². The molecule has 0 saturated heterocycles. The van der Waals surface area contributed by atoms with Gasteiger partial charge in [0.25, 0.3) is 0 Å². The number of benzene rings is 1. The summed E-state index contributed by atoms with van der Waals surface area (Å²) in [5.74, 6) is 0.415. The summed E-state index contributed by atoms with van der Waals surface area (Å²) in [6.45, 7) is 8.72. The second-order valence-electron chi connectivity index (χ2n) is 6.03. The molecule has 0 fully saturated rings. The molecule has 0 amide bonds. The number of esters is 1. The highest BCUT2D eigenvalue weighted by Gasteiger charge is 2.21. The molecule has 1 rings (SSSR count). The molecule has 0 spiro atoms. The van der Waals surface area contributed by atoms with Crippen molar-refractivity contribution < 1.29 is 14.3 Å². The SMILES string of the molecule is CCCCC(Oc1ccc(C(C)(C)CC)cc1)C(=O)OC. The fraction of sp³-hybridized carbons (Fsp3) is 0.611. The maximum Gasteiger partial charge on any atom is 0.347 e. The van der Waals surface area contributed by atoms with E-state index in [-0.39, 0.29) is 11.4 Å². The molecule has 118 valence electrons. The second kappa shape index (κ2) is 8.06. The summed E-state index contributed by atoms with van der Waals surface area (Å²) in [5.41, 5.74) is 1.43. The molecule has 1 aromatic carbocycles. The summed E-state index contributed by atoms with van der Waals surface area (Å²) >= 11 is 0. The predicted molar refractivity (Wildman–Crippen MR) is 85.7 cm³/mol. The van der Waals surface area contributed by atoms with Crippen molar-refractivity contribution in [3.8, 4) is 5.75 Å². The molecule has 1 atom stereocenters. The zero-order chi connectivity index (χ0) is 15.9. The van der Waals surface area contributed by atoms with Crippen molar-refractivity contribution in [3.63, 3.8) is 0 Å². The maximum atomic E-state index is 11.7. The predicted octanol–water partition coefficient (Wildman–Crippen LogP) is 4.48. The molecular weight excluding hydrogens is 264 g/mol. The van der Waals surface area contributed by atoms with Crippen LogP contribution in [-0.4, -0.2) is 19.2 Å². The number of hydrogen-bond acceptors (Lipinski definition) is 3. The lowest BCUT2D eigenvalue weighted by molar-refractivity contribution is -0.149. The number of carbonyl (C=O) groups is 1. The van der Waals surface area contributed by atoms with Crippen LogP contribution < -0.4 is 4.74 Å². The van der Waals surface area contributed by atoms with Crippen LogP contribution in [0.1, 0.15) is 58.9 Å². The van der Waals surface area contributed by atoms with E-state index in [0.29, 0.717) is 6.42 Å². The number of rotatable bonds is 8. The number of carbonyl (C=O) groups excluding carboxylic acids is 1. The van der Waals surface area contributed by atoms with E-state index >= 15 is 0 Å². The van der Waals surface area contributed by atoms with Crippen molar-refractivity contribution >= 4 is 5.97 Å². The summed E-state index contributed by atoms with van der Waals surface area (Å²) in [6.07, 6.45) is 3.22. The zero-order valence-corrected chi connectivity index (χ0v) is 13.9. The minimum atomic E-state index is -0.514. The number of unbranched alkanes of at least 4 members (excludes halogenated alkanes) is 1. The molecule has 0 heterocycles. The third-order valence-electron chi connectivity index (χ3n) is 4.08. The molecule has 0 aromatic heterocycles. The van der Waals surface area contributed by atoms with Crippen LogP contribution in [0.4, 0.5) is 0 Å². The van der Waals surface area contributed by atoms with Gasteiger partial charge in [-0.1, -0.05) is 46.2 Å². The van der Waals surface area contributed by atoms with Crippen LogP contribution >= 0.6 is 0 Å². The summed E-state index contributed by atoms with van der Waals surface area (Å²) < 4.78 is 10.6. The Morgan fingerprint density at radius 2 is 1.81 bits per heavy atom. The molecule has 0 aliphatic heterocycles. The smallest absolute Gasteiger partial charge is 0.347 e. The third kappa shape index (κ3) is 5.07. The van der Waals surface area contributed by atoms with Crippen molar-refractivity contribution in [1.29, 1.82) is 0 Å². The van der Waals surface area contributed by atoms with E-state index in [4.69, 9.17) is 9.47 Å². The van der Waals surface area contributed by atoms with Crippen LogP contribution in [0.25, 0.3) is 0 Å². The van der Waals surface area contributed by atoms with Gasteiger partial charge in [0.15, 0.2) is 6.10 Å². The van der Waals surface area contributed by atoms with Crippen LogP contribution in [0.3, 0.4) is 0 Å². The Hall–Kier alpha value is -1.51. The lowest BCUT2D eigenvalue weighted by Gasteiger charge is -2.24. The lowest BCUT2D eigenvalue weighted by Crippen LogP contribution is -2.28. The molecule has 0 radical (unpaired) electrons. The van der Waals surface area contributed by atoms with Crippen molar-refractivity contribution in [2.45, 2.75) is 64.9 Å². The minimum absolute atomic E-state index is 0.155. The molecule has 3 nitrogen and oxygen atoms in total. The van der Waals surface area contributed by atoms with E-state index in [1.54, 1.807) is 0 Å². The average molecular weight is 292 g/mol. The van der Waals surface area contributed by atoms with Crippen LogP contribution in [0.2, 0.25) is 0 Å². The van der Waals surface area contributed by atoms with E-state index in [9.17, 15) is 4.79 Å². The first kappa shape index (κ1) is 17.5. The van der Waals surface area contributed by atoms with Gasteiger partial charge in [-0.2, -0.15) is 0 Å². The average Bonchev–Trinajstić information content (AvgIpc) is 2.51. The molecule has 0 saturated carbocycles. The molecule has 0 N–H and O–H groups in total. The van der Waals surface area contributed by atoms with Gasteiger partial charge >= 0.3 is 5.97 Å². The van der Waals surface area contributed by atoms with Gasteiger partial charge in [-0.15, -0.1) is 0 Å². The largest absolute Gasteiger partial charge is 0.479 e. The first-order valence-electron chi connectivity index (χ1n) is 7.79. The van der Waals surface area contributed by atoms with Crippen LogP contribution in [0.15, 0.2) is 24.3 Å². The van der Waals surface area contributed by atoms with Gasteiger partial charge in [-0.05, 0) is 42.4 Å². The van der Waals surface area contributed by atoms with Gasteiger partial charge in [-0.25, -0.2) is 4.79 Å². The maximum absolute atomic E-state index is 11.7. The normalized spacial score (nSPS) is 12.8. The molecular formula is C18H28O3. The van der Waals surface area contributed by atoms with Gasteiger partial charge in [0.2, 0.25) is 0 Å². The monoisotopic (exact) mass is 292 g/mol. The molecule has 0 bridgehead atoms. The Kier molecular flexibility index (Phi) is 6.73. The Balaban J connectivity index is 2.78. The highest BCUT2D eigenvalue weighted by molar-refractivity contribution is 5.74. The van der Waals surface area contributed by atoms with Crippen LogP contribution in [-0.2, 0) is 14.9 Å². The molecule has 0 aliphatic carbocycles. The first-order chi connectivity index (χ1) is 9.94. The number of hydrogen-bond donors (Lipinski definition) is 0. The van der Waals surface area contributed by atoms with Gasteiger partial charge in [0.1, 0.15) is 5.75 Å². The Bertz CT molecular complexity index is 434. The Labute approximate surface area is 128 Å². The number of methoxy groups -OCH3 is 1. The quantitative estimate of drug-likeness (QED) is 0.662. The summed E-state index contributed by atoms with van der Waals surface area (Å²) in [5, 5.41) is 0. The molecule has 0 aliphatic rings. The second-order valence-corrected chi connectivity index (χ2v) is 6.03. The molecule has 3 heteroatoms. The van der Waals surface area contributed by atoms with Crippen LogP contribution in [0, 0.1) is 0 Å². The van der Waals surface area contributed by atoms with Crippen molar-refractivity contribution in [2.24, 2.45) is 0 Å². The van der Waals surface area contributed by atoms with Crippen molar-refractivity contribution in [3.05, 3.63) is 29.8 Å². The molecule has 1 aromatic rings.